The molecule has 3 aromatic rings. The molecule has 28 heavy (non-hydrogen) atoms. The smallest absolute Gasteiger partial charge is 0.222 e. The quantitative estimate of drug-likeness (QED) is 0.710. The number of carbonyl (C=O) groups excluding carboxylic acids is 1. The molecule has 0 radical (unpaired) electrons. The summed E-state index contributed by atoms with van der Waals surface area (Å²) in [5, 5.41) is 11.9. The van der Waals surface area contributed by atoms with Crippen LogP contribution in [0.2, 0.25) is 0 Å². The fourth-order valence-electron chi connectivity index (χ4n) is 3.71. The molecule has 4 rings (SSSR count). The van der Waals surface area contributed by atoms with Crippen LogP contribution in [0, 0.1) is 0 Å². The molecular weight excluding hydrogens is 356 g/mol. The summed E-state index contributed by atoms with van der Waals surface area (Å²) in [5.74, 6) is 0.828. The molecule has 146 valence electrons. The zero-order valence-corrected chi connectivity index (χ0v) is 16.1. The van der Waals surface area contributed by atoms with Crippen LogP contribution in [-0.4, -0.2) is 37.6 Å². The Hall–Kier alpha value is -3.16. The minimum Gasteiger partial charge on any atom is -0.497 e. The largest absolute Gasteiger partial charge is 0.497 e. The topological polar surface area (TPSA) is 86.9 Å². The highest BCUT2D eigenvalue weighted by molar-refractivity contribution is 5.77. The molecule has 0 saturated carbocycles. The Bertz CT molecular complexity index is 932. The van der Waals surface area contributed by atoms with Crippen LogP contribution < -0.4 is 10.1 Å². The van der Waals surface area contributed by atoms with E-state index in [1.807, 2.05) is 42.1 Å². The van der Waals surface area contributed by atoms with E-state index in [1.54, 1.807) is 18.1 Å². The first-order valence-corrected chi connectivity index (χ1v) is 9.50. The van der Waals surface area contributed by atoms with Gasteiger partial charge in [-0.2, -0.15) is 10.2 Å². The predicted molar refractivity (Wildman–Crippen MR) is 103 cm³/mol. The fourth-order valence-corrected chi connectivity index (χ4v) is 3.71. The van der Waals surface area contributed by atoms with Crippen molar-refractivity contribution in [2.75, 3.05) is 7.11 Å². The Morgan fingerprint density at radius 1 is 1.32 bits per heavy atom. The number of carbonyl (C=O) groups is 1. The SMILES string of the molecule is COc1ccc(-n2ncc3c2CCCC3NC(=O)CC(C)n2cncn2)cc1. The second kappa shape index (κ2) is 7.84. The summed E-state index contributed by atoms with van der Waals surface area (Å²) in [6.07, 6.45) is 8.24. The van der Waals surface area contributed by atoms with E-state index < -0.39 is 0 Å². The molecule has 0 bridgehead atoms. The highest BCUT2D eigenvalue weighted by atomic mass is 16.5. The Kier molecular flexibility index (Phi) is 5.10. The highest BCUT2D eigenvalue weighted by Crippen LogP contribution is 2.31. The van der Waals surface area contributed by atoms with Gasteiger partial charge in [-0.3, -0.25) is 4.79 Å². The van der Waals surface area contributed by atoms with Crippen LogP contribution in [0.15, 0.2) is 43.1 Å². The van der Waals surface area contributed by atoms with Crippen LogP contribution in [0.1, 0.15) is 49.5 Å². The molecule has 2 unspecified atom stereocenters. The van der Waals surface area contributed by atoms with E-state index in [4.69, 9.17) is 4.74 Å². The molecule has 0 aliphatic heterocycles. The van der Waals surface area contributed by atoms with Gasteiger partial charge in [0.25, 0.3) is 0 Å². The molecule has 2 atom stereocenters. The third-order valence-electron chi connectivity index (χ3n) is 5.20. The molecule has 0 spiro atoms. The standard InChI is InChI=1S/C20H24N6O2/c1-14(25-13-21-12-23-25)10-20(27)24-18-4-3-5-19-17(18)11-22-26(19)15-6-8-16(28-2)9-7-15/h6-9,11-14,18H,3-5,10H2,1-2H3,(H,24,27). The van der Waals surface area contributed by atoms with Gasteiger partial charge in [-0.05, 0) is 50.5 Å². The zero-order chi connectivity index (χ0) is 19.5. The molecular formula is C20H24N6O2. The second-order valence-electron chi connectivity index (χ2n) is 7.10. The van der Waals surface area contributed by atoms with Crippen molar-refractivity contribution in [2.24, 2.45) is 0 Å². The monoisotopic (exact) mass is 380 g/mol. The first-order valence-electron chi connectivity index (χ1n) is 9.50. The number of nitrogens with one attached hydrogen (secondary N) is 1. The summed E-state index contributed by atoms with van der Waals surface area (Å²) in [6, 6.07) is 7.80. The lowest BCUT2D eigenvalue weighted by Gasteiger charge is -2.25. The Balaban J connectivity index is 1.48. The Labute approximate surface area is 163 Å². The maximum atomic E-state index is 12.6. The summed E-state index contributed by atoms with van der Waals surface area (Å²) in [5.41, 5.74) is 3.25. The van der Waals surface area contributed by atoms with Crippen molar-refractivity contribution in [1.82, 2.24) is 29.9 Å². The number of methoxy groups -OCH3 is 1. The van der Waals surface area contributed by atoms with Gasteiger partial charge in [0.1, 0.15) is 18.4 Å². The van der Waals surface area contributed by atoms with Gasteiger partial charge in [-0.25, -0.2) is 14.3 Å². The average Bonchev–Trinajstić information content (AvgIpc) is 3.38. The maximum absolute atomic E-state index is 12.6. The Morgan fingerprint density at radius 3 is 2.86 bits per heavy atom. The van der Waals surface area contributed by atoms with Gasteiger partial charge < -0.3 is 10.1 Å². The van der Waals surface area contributed by atoms with Gasteiger partial charge in [-0.15, -0.1) is 0 Å². The summed E-state index contributed by atoms with van der Waals surface area (Å²) in [6.45, 7) is 1.96. The van der Waals surface area contributed by atoms with Crippen molar-refractivity contribution in [3.8, 4) is 11.4 Å². The van der Waals surface area contributed by atoms with Crippen LogP contribution in [0.25, 0.3) is 5.69 Å². The minimum absolute atomic E-state index is 0.00815. The molecule has 0 fully saturated rings. The summed E-state index contributed by atoms with van der Waals surface area (Å²) >= 11 is 0. The zero-order valence-electron chi connectivity index (χ0n) is 16.1. The number of amides is 1. The van der Waals surface area contributed by atoms with Crippen LogP contribution in [0.5, 0.6) is 5.75 Å². The molecule has 1 aliphatic rings. The molecule has 8 nitrogen and oxygen atoms in total. The molecule has 2 aromatic heterocycles. The first-order chi connectivity index (χ1) is 13.7. The van der Waals surface area contributed by atoms with Gasteiger partial charge in [0, 0.05) is 17.7 Å². The van der Waals surface area contributed by atoms with Gasteiger partial charge in [0.05, 0.1) is 31.1 Å². The van der Waals surface area contributed by atoms with E-state index in [0.717, 1.165) is 42.0 Å². The number of ether oxygens (including phenoxy) is 1. The summed E-state index contributed by atoms with van der Waals surface area (Å²) < 4.78 is 8.90. The first kappa shape index (κ1) is 18.2. The maximum Gasteiger partial charge on any atom is 0.222 e. The van der Waals surface area contributed by atoms with Crippen LogP contribution in [0.3, 0.4) is 0 Å². The number of aromatic nitrogens is 5. The van der Waals surface area contributed by atoms with E-state index in [9.17, 15) is 4.79 Å². The van der Waals surface area contributed by atoms with Crippen molar-refractivity contribution in [3.63, 3.8) is 0 Å². The van der Waals surface area contributed by atoms with Crippen molar-refractivity contribution < 1.29 is 9.53 Å². The van der Waals surface area contributed by atoms with Crippen LogP contribution in [-0.2, 0) is 11.2 Å². The highest BCUT2D eigenvalue weighted by Gasteiger charge is 2.26. The molecule has 8 heteroatoms. The summed E-state index contributed by atoms with van der Waals surface area (Å²) in [7, 11) is 1.65. The third kappa shape index (κ3) is 3.62. The number of benzene rings is 1. The number of fused-ring (bicyclic) bond motifs is 1. The van der Waals surface area contributed by atoms with E-state index in [0.29, 0.717) is 6.42 Å². The average molecular weight is 380 g/mol. The molecule has 1 N–H and O–H groups in total. The number of hydrogen-bond donors (Lipinski definition) is 1. The van der Waals surface area contributed by atoms with Crippen molar-refractivity contribution in [3.05, 3.63) is 54.4 Å². The number of rotatable bonds is 6. The van der Waals surface area contributed by atoms with E-state index in [-0.39, 0.29) is 18.0 Å². The van der Waals surface area contributed by atoms with Crippen molar-refractivity contribution in [1.29, 1.82) is 0 Å². The molecule has 2 heterocycles. The third-order valence-corrected chi connectivity index (χ3v) is 5.20. The van der Waals surface area contributed by atoms with Crippen LogP contribution in [0.4, 0.5) is 0 Å². The van der Waals surface area contributed by atoms with Crippen molar-refractivity contribution >= 4 is 5.91 Å². The number of nitrogens with zero attached hydrogens (tertiary/aromatic N) is 5. The molecule has 0 saturated heterocycles. The lowest BCUT2D eigenvalue weighted by Crippen LogP contribution is -2.32. The molecule has 1 aromatic carbocycles. The van der Waals surface area contributed by atoms with Gasteiger partial charge in [-0.1, -0.05) is 0 Å². The molecule has 1 amide bonds. The van der Waals surface area contributed by atoms with Crippen molar-refractivity contribution in [2.45, 2.75) is 44.7 Å². The number of hydrogen-bond acceptors (Lipinski definition) is 5. The van der Waals surface area contributed by atoms with E-state index in [2.05, 4.69) is 20.5 Å². The lowest BCUT2D eigenvalue weighted by molar-refractivity contribution is -0.122. The normalized spacial score (nSPS) is 17.0. The van der Waals surface area contributed by atoms with E-state index in [1.165, 1.54) is 6.33 Å². The van der Waals surface area contributed by atoms with Crippen LogP contribution >= 0.6 is 0 Å². The Morgan fingerprint density at radius 2 is 2.14 bits per heavy atom. The van der Waals surface area contributed by atoms with Gasteiger partial charge >= 0.3 is 0 Å². The van der Waals surface area contributed by atoms with Gasteiger partial charge in [0.2, 0.25) is 5.91 Å². The van der Waals surface area contributed by atoms with E-state index >= 15 is 0 Å². The lowest BCUT2D eigenvalue weighted by atomic mass is 9.92. The minimum atomic E-state index is -0.0346. The van der Waals surface area contributed by atoms with Gasteiger partial charge in [0.15, 0.2) is 0 Å². The fraction of sp³-hybridized carbons (Fsp3) is 0.400. The predicted octanol–water partition coefficient (Wildman–Crippen LogP) is 2.62. The second-order valence-corrected chi connectivity index (χ2v) is 7.10. The molecule has 1 aliphatic carbocycles. The summed E-state index contributed by atoms with van der Waals surface area (Å²) in [4.78, 5) is 16.5.